The molecule has 4 heteroatoms. The molecule has 0 radical (unpaired) electrons. The summed E-state index contributed by atoms with van der Waals surface area (Å²) in [5.74, 6) is 2.91. The summed E-state index contributed by atoms with van der Waals surface area (Å²) in [4.78, 5) is 14.7. The molecular formula is C18H23NO3. The Morgan fingerprint density at radius 3 is 2.82 bits per heavy atom. The number of hydrogen-bond donors (Lipinski definition) is 0. The van der Waals surface area contributed by atoms with Crippen LogP contribution >= 0.6 is 0 Å². The first-order valence-electron chi connectivity index (χ1n) is 8.43. The van der Waals surface area contributed by atoms with E-state index in [1.54, 1.807) is 0 Å². The van der Waals surface area contributed by atoms with Gasteiger partial charge in [0, 0.05) is 42.6 Å². The van der Waals surface area contributed by atoms with Crippen molar-refractivity contribution >= 4 is 5.91 Å². The number of hydrogen-bond acceptors (Lipinski definition) is 3. The number of benzene rings is 1. The lowest BCUT2D eigenvalue weighted by molar-refractivity contribution is -0.131. The third-order valence-corrected chi connectivity index (χ3v) is 5.22. The first-order chi connectivity index (χ1) is 10.7. The number of amides is 1. The van der Waals surface area contributed by atoms with E-state index in [0.717, 1.165) is 75.0 Å². The van der Waals surface area contributed by atoms with Gasteiger partial charge in [-0.2, -0.15) is 0 Å². The molecular weight excluding hydrogens is 278 g/mol. The third kappa shape index (κ3) is 2.34. The lowest BCUT2D eigenvalue weighted by atomic mass is 9.95. The molecule has 0 N–H and O–H groups in total. The molecule has 1 amide bonds. The van der Waals surface area contributed by atoms with Gasteiger partial charge < -0.3 is 14.4 Å². The molecule has 118 valence electrons. The van der Waals surface area contributed by atoms with Crippen LogP contribution in [-0.4, -0.2) is 37.1 Å². The largest absolute Gasteiger partial charge is 0.493 e. The summed E-state index contributed by atoms with van der Waals surface area (Å²) in [6, 6.07) is 2.11. The first-order valence-corrected chi connectivity index (χ1v) is 8.43. The van der Waals surface area contributed by atoms with Crippen molar-refractivity contribution in [2.45, 2.75) is 39.0 Å². The zero-order valence-corrected chi connectivity index (χ0v) is 13.2. The molecule has 0 aromatic heterocycles. The van der Waals surface area contributed by atoms with E-state index in [2.05, 4.69) is 13.0 Å². The van der Waals surface area contributed by atoms with E-state index in [-0.39, 0.29) is 5.91 Å². The smallest absolute Gasteiger partial charge is 0.227 e. The van der Waals surface area contributed by atoms with Crippen LogP contribution in [0.1, 0.15) is 36.5 Å². The molecule has 4 rings (SSSR count). The average Bonchev–Trinajstić information content (AvgIpc) is 3.16. The lowest BCUT2D eigenvalue weighted by Crippen LogP contribution is -2.38. The van der Waals surface area contributed by atoms with Gasteiger partial charge in [-0.1, -0.05) is 6.92 Å². The van der Waals surface area contributed by atoms with E-state index in [9.17, 15) is 4.79 Å². The zero-order valence-electron chi connectivity index (χ0n) is 13.2. The monoisotopic (exact) mass is 301 g/mol. The number of likely N-dealkylation sites (tertiary alicyclic amines) is 1. The second kappa shape index (κ2) is 5.49. The minimum atomic E-state index is 0.241. The highest BCUT2D eigenvalue weighted by molar-refractivity contribution is 5.81. The van der Waals surface area contributed by atoms with Gasteiger partial charge in [-0.05, 0) is 24.8 Å². The second-order valence-corrected chi connectivity index (χ2v) is 6.76. The van der Waals surface area contributed by atoms with Crippen molar-refractivity contribution in [1.82, 2.24) is 4.90 Å². The van der Waals surface area contributed by atoms with Crippen molar-refractivity contribution in [3.8, 4) is 11.5 Å². The summed E-state index contributed by atoms with van der Waals surface area (Å²) in [6.07, 6.45) is 4.52. The molecule has 1 saturated heterocycles. The van der Waals surface area contributed by atoms with Crippen LogP contribution in [0.2, 0.25) is 0 Å². The topological polar surface area (TPSA) is 38.8 Å². The highest BCUT2D eigenvalue weighted by Gasteiger charge is 2.29. The van der Waals surface area contributed by atoms with Gasteiger partial charge in [0.05, 0.1) is 19.6 Å². The quantitative estimate of drug-likeness (QED) is 0.842. The summed E-state index contributed by atoms with van der Waals surface area (Å²) in [5.41, 5.74) is 3.49. The fourth-order valence-corrected chi connectivity index (χ4v) is 3.79. The maximum absolute atomic E-state index is 12.7. The van der Waals surface area contributed by atoms with Crippen molar-refractivity contribution in [3.63, 3.8) is 0 Å². The van der Waals surface area contributed by atoms with Crippen LogP contribution in [0.25, 0.3) is 0 Å². The Balaban J connectivity index is 1.59. The lowest BCUT2D eigenvalue weighted by Gasteiger charge is -2.30. The van der Waals surface area contributed by atoms with Crippen LogP contribution < -0.4 is 9.47 Å². The average molecular weight is 301 g/mol. The maximum Gasteiger partial charge on any atom is 0.227 e. The Bertz CT molecular complexity index is 571. The summed E-state index contributed by atoms with van der Waals surface area (Å²) < 4.78 is 11.6. The SMILES string of the molecule is CC1CCN(C(=O)Cc2c3c(cc4c2OCC4)OCC3)CC1. The molecule has 0 unspecified atom stereocenters. The van der Waals surface area contributed by atoms with Crippen molar-refractivity contribution in [2.75, 3.05) is 26.3 Å². The Labute approximate surface area is 131 Å². The molecule has 0 atom stereocenters. The predicted octanol–water partition coefficient (Wildman–Crippen LogP) is 2.36. The molecule has 3 aliphatic rings. The van der Waals surface area contributed by atoms with E-state index in [4.69, 9.17) is 9.47 Å². The van der Waals surface area contributed by atoms with Crippen LogP contribution in [0.15, 0.2) is 6.07 Å². The zero-order chi connectivity index (χ0) is 15.1. The molecule has 1 aromatic rings. The molecule has 4 nitrogen and oxygen atoms in total. The van der Waals surface area contributed by atoms with Gasteiger partial charge >= 0.3 is 0 Å². The van der Waals surface area contributed by atoms with Crippen LogP contribution in [0, 0.1) is 5.92 Å². The van der Waals surface area contributed by atoms with Gasteiger partial charge in [0.15, 0.2) is 0 Å². The standard InChI is InChI=1S/C18H23NO3/c1-12-2-6-19(7-3-12)17(20)11-15-14-5-9-21-16(14)10-13-4-8-22-18(13)15/h10,12H,2-9,11H2,1H3. The van der Waals surface area contributed by atoms with Gasteiger partial charge in [0.2, 0.25) is 5.91 Å². The number of rotatable bonds is 2. The van der Waals surface area contributed by atoms with E-state index < -0.39 is 0 Å². The van der Waals surface area contributed by atoms with Gasteiger partial charge in [-0.3, -0.25) is 4.79 Å². The van der Waals surface area contributed by atoms with Crippen molar-refractivity contribution < 1.29 is 14.3 Å². The summed E-state index contributed by atoms with van der Waals surface area (Å²) in [7, 11) is 0. The van der Waals surface area contributed by atoms with Gasteiger partial charge in [-0.25, -0.2) is 0 Å². The molecule has 22 heavy (non-hydrogen) atoms. The molecule has 0 bridgehead atoms. The Morgan fingerprint density at radius 1 is 1.23 bits per heavy atom. The predicted molar refractivity (Wildman–Crippen MR) is 83.5 cm³/mol. The fraction of sp³-hybridized carbons (Fsp3) is 0.611. The highest BCUT2D eigenvalue weighted by atomic mass is 16.5. The number of carbonyl (C=O) groups is 1. The molecule has 0 aliphatic carbocycles. The van der Waals surface area contributed by atoms with Crippen LogP contribution in [0.4, 0.5) is 0 Å². The van der Waals surface area contributed by atoms with Crippen LogP contribution in [0.5, 0.6) is 11.5 Å². The number of fused-ring (bicyclic) bond motifs is 2. The number of piperidine rings is 1. The van der Waals surface area contributed by atoms with Gasteiger partial charge in [-0.15, -0.1) is 0 Å². The van der Waals surface area contributed by atoms with Crippen molar-refractivity contribution in [2.24, 2.45) is 5.92 Å². The Hall–Kier alpha value is -1.71. The highest BCUT2D eigenvalue weighted by Crippen LogP contribution is 2.41. The molecule has 0 spiro atoms. The van der Waals surface area contributed by atoms with E-state index in [0.29, 0.717) is 6.42 Å². The fourth-order valence-electron chi connectivity index (χ4n) is 3.79. The van der Waals surface area contributed by atoms with Crippen LogP contribution in [0.3, 0.4) is 0 Å². The van der Waals surface area contributed by atoms with Gasteiger partial charge in [0.25, 0.3) is 0 Å². The van der Waals surface area contributed by atoms with Gasteiger partial charge in [0.1, 0.15) is 11.5 Å². The summed E-state index contributed by atoms with van der Waals surface area (Å²) in [5, 5.41) is 0. The molecule has 0 saturated carbocycles. The third-order valence-electron chi connectivity index (χ3n) is 5.22. The summed E-state index contributed by atoms with van der Waals surface area (Å²) >= 11 is 0. The van der Waals surface area contributed by atoms with Crippen molar-refractivity contribution in [1.29, 1.82) is 0 Å². The van der Waals surface area contributed by atoms with E-state index in [1.165, 1.54) is 11.1 Å². The number of carbonyl (C=O) groups excluding carboxylic acids is 1. The molecule has 3 aliphatic heterocycles. The normalized spacial score (nSPS) is 20.3. The first kappa shape index (κ1) is 13.9. The minimum Gasteiger partial charge on any atom is -0.493 e. The van der Waals surface area contributed by atoms with E-state index >= 15 is 0 Å². The molecule has 3 heterocycles. The van der Waals surface area contributed by atoms with Crippen LogP contribution in [-0.2, 0) is 24.1 Å². The summed E-state index contributed by atoms with van der Waals surface area (Å²) in [6.45, 7) is 5.51. The van der Waals surface area contributed by atoms with E-state index in [1.807, 2.05) is 4.90 Å². The number of ether oxygens (including phenoxy) is 2. The van der Waals surface area contributed by atoms with Crippen molar-refractivity contribution in [3.05, 3.63) is 22.8 Å². The minimum absolute atomic E-state index is 0.241. The number of nitrogens with zero attached hydrogens (tertiary/aromatic N) is 1. The molecule has 1 aromatic carbocycles. The molecule has 1 fully saturated rings. The maximum atomic E-state index is 12.7. The Morgan fingerprint density at radius 2 is 2.00 bits per heavy atom. The Kier molecular flexibility index (Phi) is 3.47. The second-order valence-electron chi connectivity index (χ2n) is 6.76.